The molecule has 0 saturated heterocycles. The summed E-state index contributed by atoms with van der Waals surface area (Å²) in [4.78, 5) is 17.3. The summed E-state index contributed by atoms with van der Waals surface area (Å²) >= 11 is 1.34. The normalized spacial score (nSPS) is 23.9. The summed E-state index contributed by atoms with van der Waals surface area (Å²) in [6, 6.07) is 4.02. The molecule has 1 aliphatic carbocycles. The molecule has 0 spiro atoms. The van der Waals surface area contributed by atoms with Gasteiger partial charge in [-0.1, -0.05) is 11.8 Å². The first-order valence-corrected chi connectivity index (χ1v) is 11.3. The third kappa shape index (κ3) is 3.84. The number of hydrogen-bond acceptors (Lipinski definition) is 8. The summed E-state index contributed by atoms with van der Waals surface area (Å²) < 4.78 is 49.5. The number of benzene rings is 1. The molecule has 3 heterocycles. The van der Waals surface area contributed by atoms with Crippen molar-refractivity contribution in [1.29, 1.82) is 0 Å². The molecule has 0 radical (unpaired) electrons. The summed E-state index contributed by atoms with van der Waals surface area (Å²) in [6.07, 6.45) is 3.55. The minimum absolute atomic E-state index is 0.0505. The van der Waals surface area contributed by atoms with Crippen LogP contribution in [-0.2, 0) is 5.54 Å². The van der Waals surface area contributed by atoms with Crippen molar-refractivity contribution in [1.82, 2.24) is 15.0 Å². The van der Waals surface area contributed by atoms with Crippen LogP contribution in [0.3, 0.4) is 0 Å². The maximum atomic E-state index is 14.9. The van der Waals surface area contributed by atoms with Gasteiger partial charge in [0.05, 0.1) is 17.8 Å². The van der Waals surface area contributed by atoms with Crippen LogP contribution in [0.5, 0.6) is 5.88 Å². The number of aliphatic imine (C=N–C) groups is 1. The molecule has 11 heteroatoms. The van der Waals surface area contributed by atoms with E-state index in [9.17, 15) is 13.2 Å². The zero-order chi connectivity index (χ0) is 23.3. The van der Waals surface area contributed by atoms with E-state index >= 15 is 0 Å². The first kappa shape index (κ1) is 21.7. The van der Waals surface area contributed by atoms with Gasteiger partial charge in [-0.05, 0) is 32.4 Å². The number of nitrogens with two attached hydrogens (primary N) is 1. The fourth-order valence-electron chi connectivity index (χ4n) is 4.16. The van der Waals surface area contributed by atoms with Gasteiger partial charge in [0, 0.05) is 34.7 Å². The molecular weight excluding hydrogens is 453 g/mol. The number of thioether (sulfide) groups is 1. The first-order chi connectivity index (χ1) is 15.8. The molecule has 0 amide bonds. The average Bonchev–Trinajstić information content (AvgIpc) is 3.55. The lowest BCUT2D eigenvalue weighted by atomic mass is 9.85. The summed E-state index contributed by atoms with van der Waals surface area (Å²) in [5.74, 6) is -1.85. The summed E-state index contributed by atoms with van der Waals surface area (Å²) in [5, 5.41) is 3.19. The molecule has 2 aliphatic rings. The third-order valence-corrected chi connectivity index (χ3v) is 6.84. The van der Waals surface area contributed by atoms with E-state index in [-0.39, 0.29) is 39.5 Å². The van der Waals surface area contributed by atoms with E-state index < -0.39 is 23.8 Å². The monoisotopic (exact) mass is 474 g/mol. The second-order valence-corrected chi connectivity index (χ2v) is 9.61. The van der Waals surface area contributed by atoms with Crippen molar-refractivity contribution >= 4 is 39.5 Å². The quantitative estimate of drug-likeness (QED) is 0.545. The lowest BCUT2D eigenvalue weighted by Crippen LogP contribution is -2.37. The lowest BCUT2D eigenvalue weighted by molar-refractivity contribution is 0.232. The Morgan fingerprint density at radius 3 is 2.88 bits per heavy atom. The Balaban J connectivity index is 1.55. The van der Waals surface area contributed by atoms with Crippen molar-refractivity contribution in [3.05, 3.63) is 47.8 Å². The van der Waals surface area contributed by atoms with Gasteiger partial charge in [-0.2, -0.15) is 0 Å². The van der Waals surface area contributed by atoms with Gasteiger partial charge in [-0.15, -0.1) is 0 Å². The van der Waals surface area contributed by atoms with Crippen molar-refractivity contribution < 1.29 is 17.9 Å². The number of alkyl halides is 1. The van der Waals surface area contributed by atoms with Crippen LogP contribution >= 0.6 is 11.8 Å². The second-order valence-electron chi connectivity index (χ2n) is 8.35. The van der Waals surface area contributed by atoms with Crippen molar-refractivity contribution in [2.75, 3.05) is 12.0 Å². The van der Waals surface area contributed by atoms with Crippen LogP contribution in [0.2, 0.25) is 0 Å². The molecule has 1 saturated carbocycles. The third-order valence-electron chi connectivity index (χ3n) is 5.68. The zero-order valence-corrected chi connectivity index (χ0v) is 18.7. The predicted molar refractivity (Wildman–Crippen MR) is 121 cm³/mol. The van der Waals surface area contributed by atoms with Gasteiger partial charge in [-0.3, -0.25) is 0 Å². The van der Waals surface area contributed by atoms with E-state index in [0.29, 0.717) is 23.3 Å². The van der Waals surface area contributed by atoms with Crippen LogP contribution in [-0.4, -0.2) is 38.1 Å². The van der Waals surface area contributed by atoms with Crippen LogP contribution < -0.4 is 15.8 Å². The molecule has 3 atom stereocenters. The molecule has 0 bridgehead atoms. The molecule has 5 rings (SSSR count). The maximum Gasteiger partial charge on any atom is 0.233 e. The Morgan fingerprint density at radius 1 is 1.30 bits per heavy atom. The minimum atomic E-state index is -1.54. The summed E-state index contributed by atoms with van der Waals surface area (Å²) in [5.41, 5.74) is 5.28. The lowest BCUT2D eigenvalue weighted by Gasteiger charge is -2.31. The highest BCUT2D eigenvalue weighted by atomic mass is 32.2. The van der Waals surface area contributed by atoms with Gasteiger partial charge in [0.25, 0.3) is 0 Å². The van der Waals surface area contributed by atoms with Crippen molar-refractivity contribution in [3.8, 4) is 5.88 Å². The van der Waals surface area contributed by atoms with E-state index in [0.717, 1.165) is 6.07 Å². The molecule has 0 unspecified atom stereocenters. The Hall–Kier alpha value is -3.08. The fourth-order valence-corrected chi connectivity index (χ4v) is 5.38. The maximum absolute atomic E-state index is 14.9. The van der Waals surface area contributed by atoms with Gasteiger partial charge >= 0.3 is 0 Å². The Bertz CT molecular complexity index is 1270. The number of fused-ring (bicyclic) bond motifs is 2. The number of nitrogens with zero attached hydrogens (tertiary/aromatic N) is 4. The molecule has 1 aromatic carbocycles. The number of rotatable bonds is 6. The van der Waals surface area contributed by atoms with Crippen LogP contribution in [0.1, 0.15) is 25.8 Å². The van der Waals surface area contributed by atoms with E-state index in [1.807, 2.05) is 13.8 Å². The van der Waals surface area contributed by atoms with Crippen LogP contribution in [0.15, 0.2) is 35.6 Å². The van der Waals surface area contributed by atoms with Gasteiger partial charge in [0.2, 0.25) is 5.88 Å². The number of nitrogens with one attached hydrogen (secondary N) is 1. The number of ether oxygens (including phenoxy) is 1. The standard InChI is InChI=1S/C22H21F3N6OS/c1-10(2)32-17-8-28-19-15(30-17)3-4-27-20(19)29-11-5-13(18(25)14(24)6-11)22(9-23)12-7-16(12)33-21(26)31-22/h3-6,8,10,12,16H,7,9H2,1-2H3,(H2,26,31)(H,27,29)/t12-,16+,22+/m1/s1. The van der Waals surface area contributed by atoms with Crippen molar-refractivity contribution in [2.24, 2.45) is 16.6 Å². The van der Waals surface area contributed by atoms with Crippen molar-refractivity contribution in [3.63, 3.8) is 0 Å². The smallest absolute Gasteiger partial charge is 0.233 e. The highest BCUT2D eigenvalue weighted by Gasteiger charge is 2.58. The fraction of sp³-hybridized carbons (Fsp3) is 0.364. The summed E-state index contributed by atoms with van der Waals surface area (Å²) in [6.45, 7) is 2.78. The highest BCUT2D eigenvalue weighted by Crippen LogP contribution is 2.58. The minimum Gasteiger partial charge on any atom is -0.474 e. The van der Waals surface area contributed by atoms with Gasteiger partial charge in [0.15, 0.2) is 22.6 Å². The largest absolute Gasteiger partial charge is 0.474 e. The molecular formula is C22H21F3N6OS. The molecule has 1 fully saturated rings. The molecule has 33 heavy (non-hydrogen) atoms. The van der Waals surface area contributed by atoms with Gasteiger partial charge < -0.3 is 15.8 Å². The zero-order valence-electron chi connectivity index (χ0n) is 17.8. The van der Waals surface area contributed by atoms with Crippen LogP contribution in [0, 0.1) is 17.6 Å². The Morgan fingerprint density at radius 2 is 2.12 bits per heavy atom. The van der Waals surface area contributed by atoms with E-state index in [4.69, 9.17) is 10.5 Å². The topological polar surface area (TPSA) is 98.3 Å². The van der Waals surface area contributed by atoms with Gasteiger partial charge in [0.1, 0.15) is 17.7 Å². The average molecular weight is 475 g/mol. The highest BCUT2D eigenvalue weighted by molar-refractivity contribution is 8.14. The number of amidine groups is 1. The molecule has 172 valence electrons. The number of hydrogen-bond donors (Lipinski definition) is 2. The number of anilines is 2. The van der Waals surface area contributed by atoms with Crippen LogP contribution in [0.25, 0.3) is 11.0 Å². The van der Waals surface area contributed by atoms with E-state index in [1.165, 1.54) is 30.2 Å². The second kappa shape index (κ2) is 8.05. The summed E-state index contributed by atoms with van der Waals surface area (Å²) in [7, 11) is 0. The molecule has 3 N–H and O–H groups in total. The number of halogens is 3. The molecule has 3 aromatic rings. The molecule has 7 nitrogen and oxygen atoms in total. The van der Waals surface area contributed by atoms with E-state index in [2.05, 4.69) is 25.3 Å². The van der Waals surface area contributed by atoms with Gasteiger partial charge in [-0.25, -0.2) is 33.1 Å². The SMILES string of the molecule is CC(C)Oc1cnc2c(Nc3cc(F)c(F)c([C@@]4(CF)N=C(N)S[C@H]5C[C@H]54)c3)nccc2n1. The van der Waals surface area contributed by atoms with E-state index in [1.54, 1.807) is 6.07 Å². The Kier molecular flexibility index (Phi) is 5.31. The molecule has 2 aromatic heterocycles. The molecule has 1 aliphatic heterocycles. The number of pyridine rings is 1. The predicted octanol–water partition coefficient (Wildman–Crippen LogP) is 4.45. The Labute approximate surface area is 192 Å². The first-order valence-electron chi connectivity index (χ1n) is 10.4. The number of aromatic nitrogens is 3. The van der Waals surface area contributed by atoms with Crippen LogP contribution in [0.4, 0.5) is 24.7 Å². The van der Waals surface area contributed by atoms with Crippen molar-refractivity contribution in [2.45, 2.75) is 37.2 Å².